The van der Waals surface area contributed by atoms with Crippen LogP contribution < -0.4 is 0 Å². The maximum absolute atomic E-state index is 10.3. The first-order valence-electron chi connectivity index (χ1n) is 9.16. The molecule has 0 radical (unpaired) electrons. The summed E-state index contributed by atoms with van der Waals surface area (Å²) in [5.41, 5.74) is 0.430. The Hall–Kier alpha value is -0.370. The summed E-state index contributed by atoms with van der Waals surface area (Å²) < 4.78 is 6.15. The van der Waals surface area contributed by atoms with Gasteiger partial charge in [0.05, 0.1) is 6.10 Å². The normalized spacial score (nSPS) is 28.2. The Morgan fingerprint density at radius 2 is 1.86 bits per heavy atom. The molecule has 0 spiro atoms. The second kappa shape index (κ2) is 8.31. The Labute approximate surface area is 131 Å². The number of aldehydes is 1. The second-order valence-corrected chi connectivity index (χ2v) is 8.12. The Morgan fingerprint density at radius 1 is 1.05 bits per heavy atom. The third-order valence-corrected chi connectivity index (χ3v) is 5.68. The molecule has 3 atom stereocenters. The highest BCUT2D eigenvalue weighted by Gasteiger charge is 2.39. The smallest absolute Gasteiger partial charge is 0.119 e. The molecule has 2 fully saturated rings. The molecule has 2 saturated carbocycles. The van der Waals surface area contributed by atoms with E-state index in [0.29, 0.717) is 11.5 Å². The Kier molecular flexibility index (Phi) is 6.73. The number of carbonyl (C=O) groups is 1. The minimum absolute atomic E-state index is 0.430. The predicted molar refractivity (Wildman–Crippen MR) is 87.4 cm³/mol. The fourth-order valence-corrected chi connectivity index (χ4v) is 4.31. The lowest BCUT2D eigenvalue weighted by atomic mass is 9.82. The molecule has 2 aliphatic carbocycles. The van der Waals surface area contributed by atoms with Gasteiger partial charge in [0, 0.05) is 13.0 Å². The van der Waals surface area contributed by atoms with E-state index in [1.165, 1.54) is 57.8 Å². The topological polar surface area (TPSA) is 26.3 Å². The summed E-state index contributed by atoms with van der Waals surface area (Å²) in [6.45, 7) is 5.72. The summed E-state index contributed by atoms with van der Waals surface area (Å²) in [5.74, 6) is 1.88. The van der Waals surface area contributed by atoms with Crippen molar-refractivity contribution in [1.29, 1.82) is 0 Å². The molecule has 0 N–H and O–H groups in total. The van der Waals surface area contributed by atoms with Crippen molar-refractivity contribution in [2.75, 3.05) is 6.61 Å². The van der Waals surface area contributed by atoms with Gasteiger partial charge in [-0.05, 0) is 68.6 Å². The van der Waals surface area contributed by atoms with Crippen LogP contribution in [0.25, 0.3) is 0 Å². The van der Waals surface area contributed by atoms with Gasteiger partial charge in [-0.2, -0.15) is 0 Å². The number of rotatable bonds is 11. The van der Waals surface area contributed by atoms with Crippen molar-refractivity contribution >= 4 is 6.29 Å². The Morgan fingerprint density at radius 3 is 2.52 bits per heavy atom. The Bertz CT molecular complexity index is 311. The second-order valence-electron chi connectivity index (χ2n) is 8.12. The summed E-state index contributed by atoms with van der Waals surface area (Å²) in [6.07, 6.45) is 15.3. The molecule has 2 rings (SSSR count). The molecule has 2 nitrogen and oxygen atoms in total. The van der Waals surface area contributed by atoms with E-state index in [-0.39, 0.29) is 0 Å². The number of hydrogen-bond acceptors (Lipinski definition) is 2. The van der Waals surface area contributed by atoms with Gasteiger partial charge in [-0.3, -0.25) is 0 Å². The van der Waals surface area contributed by atoms with Crippen molar-refractivity contribution in [3.05, 3.63) is 0 Å². The minimum Gasteiger partial charge on any atom is -0.378 e. The van der Waals surface area contributed by atoms with Crippen LogP contribution in [0.1, 0.15) is 84.5 Å². The van der Waals surface area contributed by atoms with Crippen molar-refractivity contribution in [2.24, 2.45) is 17.3 Å². The first-order valence-corrected chi connectivity index (χ1v) is 9.16. The van der Waals surface area contributed by atoms with Crippen molar-refractivity contribution in [2.45, 2.75) is 90.6 Å². The fourth-order valence-electron chi connectivity index (χ4n) is 4.31. The molecular formula is C19H34O2. The van der Waals surface area contributed by atoms with Gasteiger partial charge in [0.25, 0.3) is 0 Å². The predicted octanol–water partition coefficient (Wildman–Crippen LogP) is 5.15. The molecule has 0 aromatic rings. The van der Waals surface area contributed by atoms with Crippen LogP contribution in [0.4, 0.5) is 0 Å². The zero-order valence-electron chi connectivity index (χ0n) is 14.1. The summed E-state index contributed by atoms with van der Waals surface area (Å²) in [5, 5.41) is 0. The third kappa shape index (κ3) is 5.73. The van der Waals surface area contributed by atoms with Crippen molar-refractivity contribution < 1.29 is 9.53 Å². The first kappa shape index (κ1) is 17.0. The standard InChI is InChI=1S/C19H34O2/c1-19(2,10-5-3-4-6-12-20)11-7-13-21-18-15-16-8-9-17(18)14-16/h12,16-18H,3-11,13-15H2,1-2H3. The molecule has 0 heterocycles. The molecule has 2 bridgehead atoms. The van der Waals surface area contributed by atoms with Gasteiger partial charge >= 0.3 is 0 Å². The van der Waals surface area contributed by atoms with E-state index in [2.05, 4.69) is 13.8 Å². The lowest BCUT2D eigenvalue weighted by Gasteiger charge is -2.26. The quantitative estimate of drug-likeness (QED) is 0.389. The maximum Gasteiger partial charge on any atom is 0.119 e. The monoisotopic (exact) mass is 294 g/mol. The summed E-state index contributed by atoms with van der Waals surface area (Å²) in [7, 11) is 0. The van der Waals surface area contributed by atoms with Crippen molar-refractivity contribution in [3.8, 4) is 0 Å². The van der Waals surface area contributed by atoms with Gasteiger partial charge in [-0.25, -0.2) is 0 Å². The van der Waals surface area contributed by atoms with Crippen molar-refractivity contribution in [3.63, 3.8) is 0 Å². The van der Waals surface area contributed by atoms with Gasteiger partial charge in [0.1, 0.15) is 6.29 Å². The van der Waals surface area contributed by atoms with Crippen LogP contribution in [0.3, 0.4) is 0 Å². The van der Waals surface area contributed by atoms with Gasteiger partial charge in [-0.15, -0.1) is 0 Å². The zero-order valence-corrected chi connectivity index (χ0v) is 14.1. The third-order valence-electron chi connectivity index (χ3n) is 5.68. The maximum atomic E-state index is 10.3. The fraction of sp³-hybridized carbons (Fsp3) is 0.947. The number of ether oxygens (including phenoxy) is 1. The van der Waals surface area contributed by atoms with E-state index in [9.17, 15) is 4.79 Å². The SMILES string of the molecule is CC(C)(CCCCCC=O)CCCOC1CC2CCC1C2. The van der Waals surface area contributed by atoms with E-state index in [4.69, 9.17) is 4.74 Å². The molecule has 2 aliphatic rings. The molecular weight excluding hydrogens is 260 g/mol. The highest BCUT2D eigenvalue weighted by atomic mass is 16.5. The lowest BCUT2D eigenvalue weighted by Crippen LogP contribution is -2.21. The highest BCUT2D eigenvalue weighted by Crippen LogP contribution is 2.45. The molecule has 0 amide bonds. The molecule has 2 heteroatoms. The molecule has 0 saturated heterocycles. The van der Waals surface area contributed by atoms with Crippen LogP contribution in [0.5, 0.6) is 0 Å². The van der Waals surface area contributed by atoms with Crippen LogP contribution in [-0.2, 0) is 9.53 Å². The van der Waals surface area contributed by atoms with E-state index in [1.54, 1.807) is 0 Å². The van der Waals surface area contributed by atoms with E-state index in [0.717, 1.165) is 37.6 Å². The van der Waals surface area contributed by atoms with Crippen LogP contribution in [0, 0.1) is 17.3 Å². The van der Waals surface area contributed by atoms with Crippen LogP contribution in [0.15, 0.2) is 0 Å². The van der Waals surface area contributed by atoms with Gasteiger partial charge in [-0.1, -0.05) is 26.7 Å². The van der Waals surface area contributed by atoms with Gasteiger partial charge in [0.15, 0.2) is 0 Å². The summed E-state index contributed by atoms with van der Waals surface area (Å²) >= 11 is 0. The summed E-state index contributed by atoms with van der Waals surface area (Å²) in [6, 6.07) is 0. The zero-order chi connectivity index (χ0) is 15.1. The van der Waals surface area contributed by atoms with Crippen LogP contribution in [-0.4, -0.2) is 19.0 Å². The van der Waals surface area contributed by atoms with E-state index < -0.39 is 0 Å². The van der Waals surface area contributed by atoms with E-state index in [1.807, 2.05) is 0 Å². The molecule has 3 unspecified atom stereocenters. The van der Waals surface area contributed by atoms with Crippen molar-refractivity contribution in [1.82, 2.24) is 0 Å². The molecule has 0 aromatic heterocycles. The first-order chi connectivity index (χ1) is 10.1. The van der Waals surface area contributed by atoms with Crippen LogP contribution in [0.2, 0.25) is 0 Å². The number of fused-ring (bicyclic) bond motifs is 2. The Balaban J connectivity index is 1.49. The summed E-state index contributed by atoms with van der Waals surface area (Å²) in [4.78, 5) is 10.3. The van der Waals surface area contributed by atoms with E-state index >= 15 is 0 Å². The largest absolute Gasteiger partial charge is 0.378 e. The van der Waals surface area contributed by atoms with Gasteiger partial charge in [0.2, 0.25) is 0 Å². The van der Waals surface area contributed by atoms with Crippen LogP contribution >= 0.6 is 0 Å². The molecule has 0 aliphatic heterocycles. The molecule has 122 valence electrons. The average molecular weight is 294 g/mol. The van der Waals surface area contributed by atoms with Gasteiger partial charge < -0.3 is 9.53 Å². The minimum atomic E-state index is 0.430. The lowest BCUT2D eigenvalue weighted by molar-refractivity contribution is -0.107. The number of carbonyl (C=O) groups excluding carboxylic acids is 1. The number of unbranched alkanes of at least 4 members (excludes halogenated alkanes) is 3. The number of hydrogen-bond donors (Lipinski definition) is 0. The highest BCUT2D eigenvalue weighted by molar-refractivity contribution is 5.48. The molecule has 21 heavy (non-hydrogen) atoms. The average Bonchev–Trinajstić information content (AvgIpc) is 3.06. The molecule has 0 aromatic carbocycles.